The standard InChI is InChI=1S/C15H27BrN4/c1-5-20-13(14(16)10(2)19-20)9-12(18-17)11-7-6-8-15(11,3)4/h11-12,18H,5-9,17H2,1-4H3. The molecule has 0 aromatic carbocycles. The molecule has 20 heavy (non-hydrogen) atoms. The third kappa shape index (κ3) is 2.95. The summed E-state index contributed by atoms with van der Waals surface area (Å²) in [4.78, 5) is 0. The van der Waals surface area contributed by atoms with Crippen molar-refractivity contribution in [1.29, 1.82) is 0 Å². The van der Waals surface area contributed by atoms with E-state index in [-0.39, 0.29) is 0 Å². The van der Waals surface area contributed by atoms with E-state index in [9.17, 15) is 0 Å². The largest absolute Gasteiger partial charge is 0.271 e. The Hall–Kier alpha value is -0.390. The van der Waals surface area contributed by atoms with E-state index in [2.05, 4.69) is 51.9 Å². The molecule has 1 saturated carbocycles. The SMILES string of the molecule is CCn1nc(C)c(Br)c1CC(NN)C1CCCC1(C)C. The van der Waals surface area contributed by atoms with Crippen LogP contribution in [0.3, 0.4) is 0 Å². The summed E-state index contributed by atoms with van der Waals surface area (Å²) in [5, 5.41) is 4.58. The molecular formula is C15H27BrN4. The second-order valence-electron chi connectivity index (χ2n) is 6.63. The molecule has 1 aliphatic rings. The molecule has 4 nitrogen and oxygen atoms in total. The third-order valence-electron chi connectivity index (χ3n) is 4.91. The number of halogens is 1. The van der Waals surface area contributed by atoms with Gasteiger partial charge in [0.15, 0.2) is 0 Å². The molecule has 114 valence electrons. The Morgan fingerprint density at radius 2 is 2.25 bits per heavy atom. The fourth-order valence-corrected chi connectivity index (χ4v) is 4.14. The monoisotopic (exact) mass is 342 g/mol. The summed E-state index contributed by atoms with van der Waals surface area (Å²) in [6.07, 6.45) is 4.80. The molecule has 0 spiro atoms. The number of aryl methyl sites for hydroxylation is 2. The first-order valence-corrected chi connectivity index (χ1v) is 8.38. The maximum Gasteiger partial charge on any atom is 0.0738 e. The van der Waals surface area contributed by atoms with Crippen LogP contribution in [0, 0.1) is 18.3 Å². The zero-order chi connectivity index (χ0) is 14.9. The van der Waals surface area contributed by atoms with Crippen molar-refractivity contribution < 1.29 is 0 Å². The molecule has 1 fully saturated rings. The van der Waals surface area contributed by atoms with Crippen LogP contribution in [-0.4, -0.2) is 15.8 Å². The normalized spacial score (nSPS) is 23.2. The Kier molecular flexibility index (Phi) is 4.92. The molecule has 0 saturated heterocycles. The lowest BCUT2D eigenvalue weighted by atomic mass is 9.76. The minimum Gasteiger partial charge on any atom is -0.271 e. The predicted octanol–water partition coefficient (Wildman–Crippen LogP) is 3.17. The molecule has 5 heteroatoms. The maximum atomic E-state index is 5.87. The van der Waals surface area contributed by atoms with E-state index in [1.807, 2.05) is 6.92 Å². The molecule has 0 bridgehead atoms. The molecule has 0 aliphatic heterocycles. The van der Waals surface area contributed by atoms with Crippen molar-refractivity contribution in [1.82, 2.24) is 15.2 Å². The summed E-state index contributed by atoms with van der Waals surface area (Å²) in [5.41, 5.74) is 5.76. The fourth-order valence-electron chi connectivity index (χ4n) is 3.69. The van der Waals surface area contributed by atoms with Crippen molar-refractivity contribution in [2.75, 3.05) is 0 Å². The van der Waals surface area contributed by atoms with Crippen molar-refractivity contribution in [3.8, 4) is 0 Å². The number of rotatable bonds is 5. The second-order valence-corrected chi connectivity index (χ2v) is 7.42. The first kappa shape index (κ1) is 16.0. The zero-order valence-corrected chi connectivity index (χ0v) is 14.6. The number of aromatic nitrogens is 2. The number of nitrogens with one attached hydrogen (secondary N) is 1. The first-order valence-electron chi connectivity index (χ1n) is 7.58. The van der Waals surface area contributed by atoms with Gasteiger partial charge in [0, 0.05) is 19.0 Å². The van der Waals surface area contributed by atoms with Crippen LogP contribution in [0.1, 0.15) is 51.4 Å². The fraction of sp³-hybridized carbons (Fsp3) is 0.800. The molecular weight excluding hydrogens is 316 g/mol. The topological polar surface area (TPSA) is 55.9 Å². The molecule has 1 heterocycles. The van der Waals surface area contributed by atoms with Gasteiger partial charge in [-0.25, -0.2) is 0 Å². The van der Waals surface area contributed by atoms with E-state index in [1.54, 1.807) is 0 Å². The Morgan fingerprint density at radius 3 is 2.75 bits per heavy atom. The van der Waals surface area contributed by atoms with E-state index in [0.29, 0.717) is 17.4 Å². The molecule has 0 radical (unpaired) electrons. The minimum atomic E-state index is 0.310. The van der Waals surface area contributed by atoms with Crippen molar-refractivity contribution in [2.24, 2.45) is 17.2 Å². The molecule has 0 amide bonds. The van der Waals surface area contributed by atoms with E-state index < -0.39 is 0 Å². The summed E-state index contributed by atoms with van der Waals surface area (Å²) in [7, 11) is 0. The van der Waals surface area contributed by atoms with Crippen LogP contribution in [0.2, 0.25) is 0 Å². The van der Waals surface area contributed by atoms with Crippen molar-refractivity contribution in [3.05, 3.63) is 15.9 Å². The second kappa shape index (κ2) is 6.16. The Bertz CT molecular complexity index is 467. The summed E-state index contributed by atoms with van der Waals surface area (Å²) in [5.74, 6) is 6.50. The molecule has 1 aromatic rings. The van der Waals surface area contributed by atoms with E-state index in [1.165, 1.54) is 25.0 Å². The van der Waals surface area contributed by atoms with Crippen LogP contribution in [0.25, 0.3) is 0 Å². The van der Waals surface area contributed by atoms with E-state index in [4.69, 9.17) is 5.84 Å². The van der Waals surface area contributed by atoms with E-state index in [0.717, 1.165) is 23.1 Å². The third-order valence-corrected chi connectivity index (χ3v) is 5.94. The van der Waals surface area contributed by atoms with Gasteiger partial charge in [0.25, 0.3) is 0 Å². The van der Waals surface area contributed by atoms with Gasteiger partial charge in [0.2, 0.25) is 0 Å². The van der Waals surface area contributed by atoms with Gasteiger partial charge in [-0.3, -0.25) is 16.0 Å². The van der Waals surface area contributed by atoms with Crippen LogP contribution in [0.15, 0.2) is 4.47 Å². The maximum absolute atomic E-state index is 5.87. The van der Waals surface area contributed by atoms with Gasteiger partial charge in [-0.15, -0.1) is 0 Å². The Morgan fingerprint density at radius 1 is 1.55 bits per heavy atom. The first-order chi connectivity index (χ1) is 9.40. The highest BCUT2D eigenvalue weighted by Gasteiger charge is 2.39. The minimum absolute atomic E-state index is 0.310. The lowest BCUT2D eigenvalue weighted by Gasteiger charge is -2.34. The van der Waals surface area contributed by atoms with Gasteiger partial charge in [0.05, 0.1) is 15.9 Å². The van der Waals surface area contributed by atoms with Gasteiger partial charge >= 0.3 is 0 Å². The summed E-state index contributed by atoms with van der Waals surface area (Å²) < 4.78 is 3.22. The van der Waals surface area contributed by atoms with Gasteiger partial charge < -0.3 is 0 Å². The smallest absolute Gasteiger partial charge is 0.0738 e. The summed E-state index contributed by atoms with van der Waals surface area (Å²) in [6.45, 7) is 9.81. The highest BCUT2D eigenvalue weighted by atomic mass is 79.9. The number of hydrogen-bond acceptors (Lipinski definition) is 3. The molecule has 1 aromatic heterocycles. The molecule has 2 atom stereocenters. The van der Waals surface area contributed by atoms with Crippen LogP contribution in [-0.2, 0) is 13.0 Å². The van der Waals surface area contributed by atoms with Gasteiger partial charge in [0.1, 0.15) is 0 Å². The zero-order valence-electron chi connectivity index (χ0n) is 13.0. The highest BCUT2D eigenvalue weighted by Crippen LogP contribution is 2.45. The quantitative estimate of drug-likeness (QED) is 0.638. The number of hydrazine groups is 1. The lowest BCUT2D eigenvalue weighted by molar-refractivity contribution is 0.194. The Labute approximate surface area is 130 Å². The summed E-state index contributed by atoms with van der Waals surface area (Å²) in [6, 6.07) is 0.310. The number of hydrogen-bond donors (Lipinski definition) is 2. The summed E-state index contributed by atoms with van der Waals surface area (Å²) >= 11 is 3.68. The van der Waals surface area contributed by atoms with Crippen LogP contribution >= 0.6 is 15.9 Å². The van der Waals surface area contributed by atoms with Crippen molar-refractivity contribution in [3.63, 3.8) is 0 Å². The van der Waals surface area contributed by atoms with E-state index >= 15 is 0 Å². The molecule has 1 aliphatic carbocycles. The van der Waals surface area contributed by atoms with Gasteiger partial charge in [-0.05, 0) is 54.0 Å². The van der Waals surface area contributed by atoms with Crippen molar-refractivity contribution >= 4 is 15.9 Å². The van der Waals surface area contributed by atoms with Gasteiger partial charge in [-0.1, -0.05) is 20.3 Å². The lowest BCUT2D eigenvalue weighted by Crippen LogP contribution is -2.46. The average molecular weight is 343 g/mol. The number of nitrogens with two attached hydrogens (primary N) is 1. The molecule has 3 N–H and O–H groups in total. The van der Waals surface area contributed by atoms with Crippen LogP contribution in [0.4, 0.5) is 0 Å². The Balaban J connectivity index is 2.23. The highest BCUT2D eigenvalue weighted by molar-refractivity contribution is 9.10. The molecule has 2 rings (SSSR count). The number of nitrogens with zero attached hydrogens (tertiary/aromatic N) is 2. The average Bonchev–Trinajstić information content (AvgIpc) is 2.88. The van der Waals surface area contributed by atoms with Crippen LogP contribution < -0.4 is 11.3 Å². The van der Waals surface area contributed by atoms with Crippen molar-refractivity contribution in [2.45, 2.75) is 66.0 Å². The van der Waals surface area contributed by atoms with Gasteiger partial charge in [-0.2, -0.15) is 5.10 Å². The molecule has 2 unspecified atom stereocenters. The predicted molar refractivity (Wildman–Crippen MR) is 86.3 cm³/mol. The van der Waals surface area contributed by atoms with Crippen LogP contribution in [0.5, 0.6) is 0 Å².